The number of nitrogens with zero attached hydrogens (tertiary/aromatic N) is 2. The lowest BCUT2D eigenvalue weighted by Gasteiger charge is -2.22. The molecule has 1 aromatic heterocycles. The van der Waals surface area contributed by atoms with Crippen LogP contribution in [0, 0.1) is 0 Å². The lowest BCUT2D eigenvalue weighted by atomic mass is 10.1. The van der Waals surface area contributed by atoms with E-state index in [0.717, 1.165) is 31.8 Å². The maximum absolute atomic E-state index is 11.9. The van der Waals surface area contributed by atoms with Crippen LogP contribution >= 0.6 is 0 Å². The Morgan fingerprint density at radius 3 is 2.71 bits per heavy atom. The van der Waals surface area contributed by atoms with Gasteiger partial charge in [0, 0.05) is 12.0 Å². The van der Waals surface area contributed by atoms with E-state index in [-0.39, 0.29) is 23.7 Å². The highest BCUT2D eigenvalue weighted by Gasteiger charge is 2.19. The van der Waals surface area contributed by atoms with E-state index in [1.165, 1.54) is 0 Å². The lowest BCUT2D eigenvalue weighted by molar-refractivity contribution is 0.0919. The standard InChI is InChI=1S/C11H19N5O/c1-7(2)9-14-10(16-15-9)11(17)13-8-3-5-12-6-4-8/h7-8,12H,3-6H2,1-2H3,(H,13,17)(H,14,15,16). The maximum atomic E-state index is 11.9. The number of hydrogen-bond acceptors (Lipinski definition) is 4. The van der Waals surface area contributed by atoms with Crippen molar-refractivity contribution in [1.82, 2.24) is 25.8 Å². The molecule has 1 aromatic rings. The summed E-state index contributed by atoms with van der Waals surface area (Å²) in [7, 11) is 0. The monoisotopic (exact) mass is 237 g/mol. The Bertz CT molecular complexity index is 381. The highest BCUT2D eigenvalue weighted by atomic mass is 16.2. The molecule has 1 aliphatic heterocycles. The first-order valence-corrected chi connectivity index (χ1v) is 6.10. The lowest BCUT2D eigenvalue weighted by Crippen LogP contribution is -2.43. The van der Waals surface area contributed by atoms with Crippen molar-refractivity contribution >= 4 is 5.91 Å². The molecule has 6 nitrogen and oxygen atoms in total. The van der Waals surface area contributed by atoms with Crippen molar-refractivity contribution in [2.24, 2.45) is 0 Å². The number of carbonyl (C=O) groups excluding carboxylic acids is 1. The van der Waals surface area contributed by atoms with Crippen LogP contribution in [0.3, 0.4) is 0 Å². The van der Waals surface area contributed by atoms with Gasteiger partial charge in [-0.1, -0.05) is 13.8 Å². The minimum absolute atomic E-state index is 0.181. The van der Waals surface area contributed by atoms with Crippen LogP contribution in [0.2, 0.25) is 0 Å². The summed E-state index contributed by atoms with van der Waals surface area (Å²) in [6, 6.07) is 0.241. The summed E-state index contributed by atoms with van der Waals surface area (Å²) in [5, 5.41) is 12.9. The number of amides is 1. The fourth-order valence-corrected chi connectivity index (χ4v) is 1.85. The van der Waals surface area contributed by atoms with Crippen LogP contribution in [-0.2, 0) is 0 Å². The molecule has 17 heavy (non-hydrogen) atoms. The average molecular weight is 237 g/mol. The zero-order valence-electron chi connectivity index (χ0n) is 10.3. The van der Waals surface area contributed by atoms with Gasteiger partial charge < -0.3 is 10.6 Å². The molecule has 0 spiro atoms. The molecule has 0 bridgehead atoms. The first-order chi connectivity index (χ1) is 8.16. The second kappa shape index (κ2) is 5.27. The van der Waals surface area contributed by atoms with Crippen LogP contribution in [0.15, 0.2) is 0 Å². The summed E-state index contributed by atoms with van der Waals surface area (Å²) in [5.41, 5.74) is 0. The highest BCUT2D eigenvalue weighted by molar-refractivity contribution is 5.90. The quantitative estimate of drug-likeness (QED) is 0.711. The van der Waals surface area contributed by atoms with Crippen LogP contribution in [0.4, 0.5) is 0 Å². The minimum Gasteiger partial charge on any atom is -0.346 e. The van der Waals surface area contributed by atoms with Gasteiger partial charge in [0.15, 0.2) is 0 Å². The normalized spacial score (nSPS) is 17.4. The van der Waals surface area contributed by atoms with Gasteiger partial charge in [-0.25, -0.2) is 4.98 Å². The number of aromatic nitrogens is 3. The summed E-state index contributed by atoms with van der Waals surface area (Å²) >= 11 is 0. The van der Waals surface area contributed by atoms with E-state index in [1.54, 1.807) is 0 Å². The zero-order valence-corrected chi connectivity index (χ0v) is 10.3. The summed E-state index contributed by atoms with van der Waals surface area (Å²) in [6.45, 7) is 5.93. The third kappa shape index (κ3) is 3.03. The second-order valence-corrected chi connectivity index (χ2v) is 4.70. The molecule has 1 amide bonds. The van der Waals surface area contributed by atoms with Gasteiger partial charge in [-0.3, -0.25) is 9.89 Å². The van der Waals surface area contributed by atoms with Crippen molar-refractivity contribution in [3.63, 3.8) is 0 Å². The molecule has 1 fully saturated rings. The summed E-state index contributed by atoms with van der Waals surface area (Å²) in [4.78, 5) is 16.1. The van der Waals surface area contributed by atoms with Crippen LogP contribution in [0.25, 0.3) is 0 Å². The van der Waals surface area contributed by atoms with Crippen molar-refractivity contribution in [1.29, 1.82) is 0 Å². The summed E-state index contributed by atoms with van der Waals surface area (Å²) in [6.07, 6.45) is 1.93. The number of piperidine rings is 1. The van der Waals surface area contributed by atoms with E-state index in [2.05, 4.69) is 25.8 Å². The molecule has 0 unspecified atom stereocenters. The molecule has 0 atom stereocenters. The highest BCUT2D eigenvalue weighted by Crippen LogP contribution is 2.08. The van der Waals surface area contributed by atoms with Crippen molar-refractivity contribution in [3.8, 4) is 0 Å². The van der Waals surface area contributed by atoms with Crippen LogP contribution in [0.5, 0.6) is 0 Å². The first kappa shape index (κ1) is 12.0. The Balaban J connectivity index is 1.94. The zero-order chi connectivity index (χ0) is 12.3. The van der Waals surface area contributed by atoms with Crippen LogP contribution in [-0.4, -0.2) is 40.2 Å². The molecule has 94 valence electrons. The van der Waals surface area contributed by atoms with E-state index in [0.29, 0.717) is 0 Å². The van der Waals surface area contributed by atoms with Gasteiger partial charge in [-0.05, 0) is 25.9 Å². The molecule has 2 rings (SSSR count). The van der Waals surface area contributed by atoms with Crippen molar-refractivity contribution in [2.45, 2.75) is 38.6 Å². The Hall–Kier alpha value is -1.43. The van der Waals surface area contributed by atoms with E-state index < -0.39 is 0 Å². The van der Waals surface area contributed by atoms with Gasteiger partial charge in [0.05, 0.1) is 0 Å². The van der Waals surface area contributed by atoms with Gasteiger partial charge in [0.1, 0.15) is 5.82 Å². The third-order valence-corrected chi connectivity index (χ3v) is 2.93. The van der Waals surface area contributed by atoms with E-state index >= 15 is 0 Å². The SMILES string of the molecule is CC(C)c1nc(C(=O)NC2CCNCC2)n[nH]1. The van der Waals surface area contributed by atoms with E-state index in [9.17, 15) is 4.79 Å². The Labute approximate surface area is 101 Å². The Kier molecular flexibility index (Phi) is 3.73. The molecular weight excluding hydrogens is 218 g/mol. The molecule has 1 aliphatic rings. The van der Waals surface area contributed by atoms with Crippen molar-refractivity contribution in [2.75, 3.05) is 13.1 Å². The molecular formula is C11H19N5O. The van der Waals surface area contributed by atoms with Crippen molar-refractivity contribution in [3.05, 3.63) is 11.6 Å². The number of carbonyl (C=O) groups is 1. The second-order valence-electron chi connectivity index (χ2n) is 4.70. The largest absolute Gasteiger partial charge is 0.346 e. The minimum atomic E-state index is -0.181. The van der Waals surface area contributed by atoms with E-state index in [4.69, 9.17) is 0 Å². The number of hydrogen-bond donors (Lipinski definition) is 3. The molecule has 0 aromatic carbocycles. The number of H-pyrrole nitrogens is 1. The molecule has 6 heteroatoms. The van der Waals surface area contributed by atoms with Gasteiger partial charge in [-0.15, -0.1) is 5.10 Å². The molecule has 3 N–H and O–H groups in total. The van der Waals surface area contributed by atoms with Crippen LogP contribution in [0.1, 0.15) is 49.1 Å². The topological polar surface area (TPSA) is 82.7 Å². The third-order valence-electron chi connectivity index (χ3n) is 2.93. The first-order valence-electron chi connectivity index (χ1n) is 6.10. The van der Waals surface area contributed by atoms with Crippen molar-refractivity contribution < 1.29 is 4.79 Å². The molecule has 0 radical (unpaired) electrons. The summed E-state index contributed by atoms with van der Waals surface area (Å²) < 4.78 is 0. The molecule has 2 heterocycles. The molecule has 1 saturated heterocycles. The van der Waals surface area contributed by atoms with Gasteiger partial charge in [-0.2, -0.15) is 0 Å². The van der Waals surface area contributed by atoms with Gasteiger partial charge >= 0.3 is 0 Å². The Morgan fingerprint density at radius 2 is 2.12 bits per heavy atom. The fourth-order valence-electron chi connectivity index (χ4n) is 1.85. The summed E-state index contributed by atoms with van der Waals surface area (Å²) in [5.74, 6) is 1.07. The van der Waals surface area contributed by atoms with Gasteiger partial charge in [0.25, 0.3) is 5.91 Å². The predicted octanol–water partition coefficient (Wildman–Crippen LogP) is 0.410. The smallest absolute Gasteiger partial charge is 0.291 e. The fraction of sp³-hybridized carbons (Fsp3) is 0.727. The maximum Gasteiger partial charge on any atom is 0.291 e. The molecule has 0 saturated carbocycles. The van der Waals surface area contributed by atoms with Crippen LogP contribution < -0.4 is 10.6 Å². The van der Waals surface area contributed by atoms with E-state index in [1.807, 2.05) is 13.8 Å². The number of rotatable bonds is 3. The van der Waals surface area contributed by atoms with Gasteiger partial charge in [0.2, 0.25) is 5.82 Å². The Morgan fingerprint density at radius 1 is 1.41 bits per heavy atom. The number of nitrogens with one attached hydrogen (secondary N) is 3. The average Bonchev–Trinajstić information content (AvgIpc) is 2.79. The molecule has 0 aliphatic carbocycles. The predicted molar refractivity (Wildman–Crippen MR) is 63.8 cm³/mol. The number of aromatic amines is 1.